The van der Waals surface area contributed by atoms with Gasteiger partial charge >= 0.3 is 0 Å². The van der Waals surface area contributed by atoms with Crippen molar-refractivity contribution in [2.75, 3.05) is 0 Å². The lowest BCUT2D eigenvalue weighted by molar-refractivity contribution is -0.121. The molecule has 27 heavy (non-hydrogen) atoms. The van der Waals surface area contributed by atoms with Crippen molar-refractivity contribution < 1.29 is 4.79 Å². The van der Waals surface area contributed by atoms with Crippen LogP contribution in [-0.2, 0) is 17.9 Å². The van der Waals surface area contributed by atoms with E-state index in [9.17, 15) is 4.79 Å². The zero-order valence-electron chi connectivity index (χ0n) is 15.0. The number of amides is 1. The molecule has 7 heteroatoms. The molecule has 4 aromatic rings. The molecule has 2 aromatic carbocycles. The van der Waals surface area contributed by atoms with Gasteiger partial charge in [-0.05, 0) is 19.1 Å². The molecule has 0 saturated carbocycles. The van der Waals surface area contributed by atoms with E-state index in [1.165, 1.54) is 0 Å². The van der Waals surface area contributed by atoms with Gasteiger partial charge in [-0.2, -0.15) is 5.10 Å². The highest BCUT2D eigenvalue weighted by Gasteiger charge is 2.10. The minimum atomic E-state index is -0.0372. The molecule has 2 N–H and O–H groups in total. The third-order valence-electron chi connectivity index (χ3n) is 4.42. The van der Waals surface area contributed by atoms with Gasteiger partial charge in [-0.3, -0.25) is 9.89 Å². The van der Waals surface area contributed by atoms with Gasteiger partial charge in [0.15, 0.2) is 5.82 Å². The monoisotopic (exact) mass is 360 g/mol. The Labute approximate surface area is 156 Å². The summed E-state index contributed by atoms with van der Waals surface area (Å²) >= 11 is 0. The molecule has 0 atom stereocenters. The van der Waals surface area contributed by atoms with Gasteiger partial charge < -0.3 is 9.88 Å². The van der Waals surface area contributed by atoms with E-state index in [0.717, 1.165) is 22.4 Å². The Morgan fingerprint density at radius 3 is 2.70 bits per heavy atom. The number of aryl methyl sites for hydroxylation is 2. The molecule has 0 aliphatic rings. The highest BCUT2D eigenvalue weighted by Crippen LogP contribution is 2.16. The van der Waals surface area contributed by atoms with Crippen LogP contribution in [0.15, 0.2) is 54.6 Å². The SMILES string of the molecule is Cc1nc2ccccc2n1CCC(=O)NCc1nc(-c2ccccc2)n[nH]1. The summed E-state index contributed by atoms with van der Waals surface area (Å²) in [6.45, 7) is 2.86. The van der Waals surface area contributed by atoms with E-state index in [-0.39, 0.29) is 5.91 Å². The van der Waals surface area contributed by atoms with Crippen molar-refractivity contribution in [2.45, 2.75) is 26.4 Å². The van der Waals surface area contributed by atoms with Crippen LogP contribution >= 0.6 is 0 Å². The van der Waals surface area contributed by atoms with Crippen molar-refractivity contribution in [3.8, 4) is 11.4 Å². The fourth-order valence-corrected chi connectivity index (χ4v) is 3.05. The largest absolute Gasteiger partial charge is 0.349 e. The van der Waals surface area contributed by atoms with Crippen LogP contribution in [0.2, 0.25) is 0 Å². The maximum absolute atomic E-state index is 12.2. The van der Waals surface area contributed by atoms with E-state index in [2.05, 4.69) is 30.0 Å². The number of H-pyrrole nitrogens is 1. The Morgan fingerprint density at radius 2 is 1.85 bits per heavy atom. The number of aromatic nitrogens is 5. The first-order valence-electron chi connectivity index (χ1n) is 8.86. The predicted molar refractivity (Wildman–Crippen MR) is 103 cm³/mol. The number of hydrogen-bond donors (Lipinski definition) is 2. The van der Waals surface area contributed by atoms with E-state index >= 15 is 0 Å². The first kappa shape index (κ1) is 17.0. The average Bonchev–Trinajstić information content (AvgIpc) is 3.29. The van der Waals surface area contributed by atoms with Crippen LogP contribution in [-0.4, -0.2) is 30.6 Å². The fraction of sp³-hybridized carbons (Fsp3) is 0.200. The zero-order chi connectivity index (χ0) is 18.6. The quantitative estimate of drug-likeness (QED) is 0.553. The molecule has 4 rings (SSSR count). The summed E-state index contributed by atoms with van der Waals surface area (Å²) in [5.74, 6) is 2.13. The molecule has 0 radical (unpaired) electrons. The topological polar surface area (TPSA) is 88.5 Å². The minimum Gasteiger partial charge on any atom is -0.349 e. The number of benzene rings is 2. The molecular formula is C20H20N6O. The van der Waals surface area contributed by atoms with E-state index in [0.29, 0.717) is 31.2 Å². The van der Waals surface area contributed by atoms with Crippen LogP contribution in [0.4, 0.5) is 0 Å². The van der Waals surface area contributed by atoms with Gasteiger partial charge in [0, 0.05) is 18.5 Å². The molecule has 1 amide bonds. The molecular weight excluding hydrogens is 340 g/mol. The van der Waals surface area contributed by atoms with E-state index < -0.39 is 0 Å². The number of hydrogen-bond acceptors (Lipinski definition) is 4. The molecule has 0 aliphatic heterocycles. The van der Waals surface area contributed by atoms with Crippen LogP contribution in [0.3, 0.4) is 0 Å². The zero-order valence-corrected chi connectivity index (χ0v) is 15.0. The fourth-order valence-electron chi connectivity index (χ4n) is 3.05. The van der Waals surface area contributed by atoms with Crippen LogP contribution < -0.4 is 5.32 Å². The summed E-state index contributed by atoms with van der Waals surface area (Å²) in [5.41, 5.74) is 2.94. The normalized spacial score (nSPS) is 11.0. The Bertz CT molecular complexity index is 1070. The molecule has 0 fully saturated rings. The average molecular weight is 360 g/mol. The molecule has 0 unspecified atom stereocenters. The molecule has 0 spiro atoms. The van der Waals surface area contributed by atoms with Crippen molar-refractivity contribution in [3.05, 3.63) is 66.2 Å². The number of rotatable bonds is 6. The van der Waals surface area contributed by atoms with Crippen molar-refractivity contribution in [1.82, 2.24) is 30.0 Å². The van der Waals surface area contributed by atoms with Gasteiger partial charge in [0.05, 0.1) is 17.6 Å². The maximum atomic E-state index is 12.2. The van der Waals surface area contributed by atoms with Gasteiger partial charge in [0.2, 0.25) is 5.91 Å². The standard InChI is InChI=1S/C20H20N6O/c1-14-22-16-9-5-6-10-17(16)26(14)12-11-19(27)21-13-18-23-20(25-24-18)15-7-3-2-4-8-15/h2-10H,11-13H2,1H3,(H,21,27)(H,23,24,25). The second-order valence-corrected chi connectivity index (χ2v) is 6.30. The van der Waals surface area contributed by atoms with E-state index in [4.69, 9.17) is 0 Å². The lowest BCUT2D eigenvalue weighted by Crippen LogP contribution is -2.24. The Hall–Kier alpha value is -3.48. The molecule has 7 nitrogen and oxygen atoms in total. The smallest absolute Gasteiger partial charge is 0.222 e. The van der Waals surface area contributed by atoms with Crippen LogP contribution in [0, 0.1) is 6.92 Å². The lowest BCUT2D eigenvalue weighted by Gasteiger charge is -2.07. The van der Waals surface area contributed by atoms with Gasteiger partial charge in [-0.15, -0.1) is 0 Å². The highest BCUT2D eigenvalue weighted by molar-refractivity contribution is 5.78. The first-order chi connectivity index (χ1) is 13.2. The molecule has 2 aromatic heterocycles. The van der Waals surface area contributed by atoms with Crippen molar-refractivity contribution in [3.63, 3.8) is 0 Å². The Morgan fingerprint density at radius 1 is 1.07 bits per heavy atom. The third kappa shape index (κ3) is 3.72. The Kier molecular flexibility index (Phi) is 4.65. The summed E-state index contributed by atoms with van der Waals surface area (Å²) in [7, 11) is 0. The first-order valence-corrected chi connectivity index (χ1v) is 8.86. The number of carbonyl (C=O) groups excluding carboxylic acids is 1. The minimum absolute atomic E-state index is 0.0372. The van der Waals surface area contributed by atoms with Gasteiger partial charge in [0.1, 0.15) is 11.6 Å². The predicted octanol–water partition coefficient (Wildman–Crippen LogP) is 2.84. The van der Waals surface area contributed by atoms with Crippen LogP contribution in [0.5, 0.6) is 0 Å². The number of nitrogens with one attached hydrogen (secondary N) is 2. The summed E-state index contributed by atoms with van der Waals surface area (Å²) in [4.78, 5) is 21.2. The number of imidazole rings is 1. The van der Waals surface area contributed by atoms with Crippen molar-refractivity contribution >= 4 is 16.9 Å². The summed E-state index contributed by atoms with van der Waals surface area (Å²) in [5, 5.41) is 9.96. The highest BCUT2D eigenvalue weighted by atomic mass is 16.1. The van der Waals surface area contributed by atoms with Gasteiger partial charge in [-0.1, -0.05) is 42.5 Å². The maximum Gasteiger partial charge on any atom is 0.222 e. The lowest BCUT2D eigenvalue weighted by atomic mass is 10.2. The summed E-state index contributed by atoms with van der Waals surface area (Å²) < 4.78 is 2.07. The number of nitrogens with zero attached hydrogens (tertiary/aromatic N) is 4. The molecule has 136 valence electrons. The Balaban J connectivity index is 1.34. The number of fused-ring (bicyclic) bond motifs is 1. The molecule has 2 heterocycles. The number of carbonyl (C=O) groups is 1. The number of aromatic amines is 1. The molecule has 0 aliphatic carbocycles. The second-order valence-electron chi connectivity index (χ2n) is 6.30. The van der Waals surface area contributed by atoms with Gasteiger partial charge in [-0.25, -0.2) is 9.97 Å². The van der Waals surface area contributed by atoms with Crippen molar-refractivity contribution in [1.29, 1.82) is 0 Å². The van der Waals surface area contributed by atoms with E-state index in [1.807, 2.05) is 61.5 Å². The third-order valence-corrected chi connectivity index (χ3v) is 4.42. The second kappa shape index (κ2) is 7.41. The molecule has 0 saturated heterocycles. The van der Waals surface area contributed by atoms with Crippen molar-refractivity contribution in [2.24, 2.45) is 0 Å². The van der Waals surface area contributed by atoms with Crippen LogP contribution in [0.25, 0.3) is 22.4 Å². The molecule has 0 bridgehead atoms. The van der Waals surface area contributed by atoms with Gasteiger partial charge in [0.25, 0.3) is 0 Å². The van der Waals surface area contributed by atoms with E-state index in [1.54, 1.807) is 0 Å². The number of para-hydroxylation sites is 2. The summed E-state index contributed by atoms with van der Waals surface area (Å²) in [6, 6.07) is 17.7. The summed E-state index contributed by atoms with van der Waals surface area (Å²) in [6.07, 6.45) is 0.376. The van der Waals surface area contributed by atoms with Crippen LogP contribution in [0.1, 0.15) is 18.1 Å².